The van der Waals surface area contributed by atoms with Gasteiger partial charge in [-0.25, -0.2) is 9.48 Å². The van der Waals surface area contributed by atoms with Crippen molar-refractivity contribution in [2.45, 2.75) is 25.5 Å². The van der Waals surface area contributed by atoms with Crippen LogP contribution in [0.4, 0.5) is 0 Å². The van der Waals surface area contributed by atoms with E-state index < -0.39 is 5.97 Å². The highest BCUT2D eigenvalue weighted by Crippen LogP contribution is 2.26. The zero-order chi connectivity index (χ0) is 12.5. The molecule has 18 heavy (non-hydrogen) atoms. The lowest BCUT2D eigenvalue weighted by Crippen LogP contribution is -2.18. The lowest BCUT2D eigenvalue weighted by molar-refractivity contribution is -0.0366. The Morgan fingerprint density at radius 2 is 2.33 bits per heavy atom. The first-order chi connectivity index (χ1) is 8.75. The van der Waals surface area contributed by atoms with Crippen LogP contribution >= 0.6 is 0 Å². The molecule has 1 atom stereocenters. The molecule has 1 aromatic heterocycles. The summed E-state index contributed by atoms with van der Waals surface area (Å²) in [6, 6.07) is 5.04. The maximum atomic E-state index is 10.9. The van der Waals surface area contributed by atoms with Gasteiger partial charge in [-0.2, -0.15) is 5.10 Å². The van der Waals surface area contributed by atoms with Crippen LogP contribution in [0.1, 0.15) is 35.8 Å². The normalized spacial score (nSPS) is 20.1. The molecule has 94 valence electrons. The van der Waals surface area contributed by atoms with Crippen molar-refractivity contribution in [1.29, 1.82) is 0 Å². The summed E-state index contributed by atoms with van der Waals surface area (Å²) in [7, 11) is 0. The van der Waals surface area contributed by atoms with Crippen molar-refractivity contribution in [2.24, 2.45) is 0 Å². The number of carboxylic acids is 1. The molecule has 1 N–H and O–H groups in total. The second-order valence-electron chi connectivity index (χ2n) is 4.49. The Labute approximate surface area is 104 Å². The lowest BCUT2D eigenvalue weighted by Gasteiger charge is -2.23. The molecule has 2 heterocycles. The maximum absolute atomic E-state index is 10.9. The minimum atomic E-state index is -0.918. The van der Waals surface area contributed by atoms with Crippen LogP contribution in [0, 0.1) is 0 Å². The number of ether oxygens (including phenoxy) is 1. The first-order valence-electron chi connectivity index (χ1n) is 6.08. The lowest BCUT2D eigenvalue weighted by atomic mass is 10.1. The molecule has 1 saturated heterocycles. The standard InChI is InChI=1S/C13H14N2O3/c16-13(17)9-4-5-11-10(7-9)8-14-15(11)12-3-1-2-6-18-12/h4-5,7-8,12H,1-3,6H2,(H,16,17)/t12-/m1/s1. The van der Waals surface area contributed by atoms with Crippen LogP contribution in [0.5, 0.6) is 0 Å². The minimum absolute atomic E-state index is 0.0214. The van der Waals surface area contributed by atoms with Crippen molar-refractivity contribution < 1.29 is 14.6 Å². The number of aromatic nitrogens is 2. The van der Waals surface area contributed by atoms with E-state index in [1.54, 1.807) is 24.4 Å². The molecule has 0 unspecified atom stereocenters. The molecule has 1 aliphatic rings. The summed E-state index contributed by atoms with van der Waals surface area (Å²) in [5.41, 5.74) is 1.21. The molecule has 5 nitrogen and oxygen atoms in total. The van der Waals surface area contributed by atoms with E-state index in [2.05, 4.69) is 5.10 Å². The molecule has 0 radical (unpaired) electrons. The molecule has 0 bridgehead atoms. The summed E-state index contributed by atoms with van der Waals surface area (Å²) in [6.45, 7) is 0.763. The van der Waals surface area contributed by atoms with Gasteiger partial charge in [0.15, 0.2) is 6.23 Å². The van der Waals surface area contributed by atoms with E-state index in [4.69, 9.17) is 9.84 Å². The van der Waals surface area contributed by atoms with Crippen molar-refractivity contribution >= 4 is 16.9 Å². The van der Waals surface area contributed by atoms with E-state index in [1.807, 2.05) is 4.68 Å². The highest BCUT2D eigenvalue weighted by Gasteiger charge is 2.18. The molecular weight excluding hydrogens is 232 g/mol. The third kappa shape index (κ3) is 1.86. The predicted molar refractivity (Wildman–Crippen MR) is 65.5 cm³/mol. The SMILES string of the molecule is O=C(O)c1ccc2c(cnn2[C@H]2CCCCO2)c1. The van der Waals surface area contributed by atoms with Crippen LogP contribution in [0.25, 0.3) is 10.9 Å². The van der Waals surface area contributed by atoms with Gasteiger partial charge in [-0.05, 0) is 37.5 Å². The van der Waals surface area contributed by atoms with E-state index in [0.717, 1.165) is 36.8 Å². The average molecular weight is 246 g/mol. The van der Waals surface area contributed by atoms with Crippen LogP contribution in [-0.4, -0.2) is 27.5 Å². The second kappa shape index (κ2) is 4.42. The quantitative estimate of drug-likeness (QED) is 0.883. The van der Waals surface area contributed by atoms with Crippen molar-refractivity contribution in [2.75, 3.05) is 6.61 Å². The Morgan fingerprint density at radius 1 is 1.44 bits per heavy atom. The Hall–Kier alpha value is -1.88. The third-order valence-corrected chi connectivity index (χ3v) is 3.27. The number of fused-ring (bicyclic) bond motifs is 1. The Kier molecular flexibility index (Phi) is 2.76. The number of rotatable bonds is 2. The van der Waals surface area contributed by atoms with Crippen LogP contribution in [0.15, 0.2) is 24.4 Å². The summed E-state index contributed by atoms with van der Waals surface area (Å²) in [4.78, 5) is 10.9. The Bertz CT molecular complexity index is 585. The van der Waals surface area contributed by atoms with Gasteiger partial charge >= 0.3 is 5.97 Å². The molecule has 1 aromatic carbocycles. The van der Waals surface area contributed by atoms with Crippen LogP contribution in [-0.2, 0) is 4.74 Å². The van der Waals surface area contributed by atoms with Crippen molar-refractivity contribution in [1.82, 2.24) is 9.78 Å². The van der Waals surface area contributed by atoms with Gasteiger partial charge in [-0.15, -0.1) is 0 Å². The summed E-state index contributed by atoms with van der Waals surface area (Å²) in [5.74, 6) is -0.918. The highest BCUT2D eigenvalue weighted by atomic mass is 16.5. The molecular formula is C13H14N2O3. The fourth-order valence-corrected chi connectivity index (χ4v) is 2.33. The van der Waals surface area contributed by atoms with Crippen LogP contribution in [0.3, 0.4) is 0 Å². The Morgan fingerprint density at radius 3 is 3.06 bits per heavy atom. The average Bonchev–Trinajstić information content (AvgIpc) is 2.82. The molecule has 0 saturated carbocycles. The molecule has 5 heteroatoms. The summed E-state index contributed by atoms with van der Waals surface area (Å²) < 4.78 is 7.54. The van der Waals surface area contributed by atoms with Gasteiger partial charge in [0.25, 0.3) is 0 Å². The van der Waals surface area contributed by atoms with Gasteiger partial charge in [-0.1, -0.05) is 0 Å². The number of carbonyl (C=O) groups is 1. The fraction of sp³-hybridized carbons (Fsp3) is 0.385. The first-order valence-corrected chi connectivity index (χ1v) is 6.08. The van der Waals surface area contributed by atoms with Crippen LogP contribution < -0.4 is 0 Å². The minimum Gasteiger partial charge on any atom is -0.478 e. The van der Waals surface area contributed by atoms with Gasteiger partial charge in [0.05, 0.1) is 17.3 Å². The van der Waals surface area contributed by atoms with Crippen molar-refractivity contribution in [3.8, 4) is 0 Å². The van der Waals surface area contributed by atoms with Crippen molar-refractivity contribution in [3.63, 3.8) is 0 Å². The van der Waals surface area contributed by atoms with Crippen LogP contribution in [0.2, 0.25) is 0 Å². The monoisotopic (exact) mass is 246 g/mol. The van der Waals surface area contributed by atoms with Gasteiger partial charge in [0.2, 0.25) is 0 Å². The number of aromatic carboxylic acids is 1. The van der Waals surface area contributed by atoms with Gasteiger partial charge < -0.3 is 9.84 Å². The summed E-state index contributed by atoms with van der Waals surface area (Å²) >= 11 is 0. The topological polar surface area (TPSA) is 64.3 Å². The predicted octanol–water partition coefficient (Wildman–Crippen LogP) is 2.43. The number of carboxylic acid groups (broad SMARTS) is 1. The molecule has 0 amide bonds. The van der Waals surface area contributed by atoms with Gasteiger partial charge in [-0.3, -0.25) is 0 Å². The molecule has 2 aromatic rings. The highest BCUT2D eigenvalue weighted by molar-refractivity contribution is 5.93. The van der Waals surface area contributed by atoms with E-state index in [1.165, 1.54) is 0 Å². The van der Waals surface area contributed by atoms with E-state index in [9.17, 15) is 4.79 Å². The molecule has 3 rings (SSSR count). The summed E-state index contributed by atoms with van der Waals surface area (Å²) in [6.07, 6.45) is 4.86. The number of hydrogen-bond acceptors (Lipinski definition) is 3. The first kappa shape index (κ1) is 11.2. The van der Waals surface area contributed by atoms with E-state index in [-0.39, 0.29) is 11.8 Å². The zero-order valence-electron chi connectivity index (χ0n) is 9.87. The zero-order valence-corrected chi connectivity index (χ0v) is 9.87. The maximum Gasteiger partial charge on any atom is 0.335 e. The van der Waals surface area contributed by atoms with Gasteiger partial charge in [0, 0.05) is 12.0 Å². The third-order valence-electron chi connectivity index (χ3n) is 3.27. The smallest absolute Gasteiger partial charge is 0.335 e. The van der Waals surface area contributed by atoms with E-state index >= 15 is 0 Å². The molecule has 0 aliphatic carbocycles. The molecule has 1 aliphatic heterocycles. The van der Waals surface area contributed by atoms with E-state index in [0.29, 0.717) is 0 Å². The largest absolute Gasteiger partial charge is 0.478 e. The second-order valence-corrected chi connectivity index (χ2v) is 4.49. The fourth-order valence-electron chi connectivity index (χ4n) is 2.33. The number of nitrogens with zero attached hydrogens (tertiary/aromatic N) is 2. The van der Waals surface area contributed by atoms with Crippen molar-refractivity contribution in [3.05, 3.63) is 30.0 Å². The molecule has 1 fully saturated rings. The molecule has 0 spiro atoms. The summed E-state index contributed by atoms with van der Waals surface area (Å²) in [5, 5.41) is 14.1. The number of benzene rings is 1. The Balaban J connectivity index is 2.01. The number of hydrogen-bond donors (Lipinski definition) is 1. The van der Waals surface area contributed by atoms with Gasteiger partial charge in [0.1, 0.15) is 0 Å².